The summed E-state index contributed by atoms with van der Waals surface area (Å²) in [5.41, 5.74) is 8.02. The van der Waals surface area contributed by atoms with Crippen LogP contribution >= 0.6 is 0 Å². The van der Waals surface area contributed by atoms with E-state index in [2.05, 4.69) is 59.1 Å². The third-order valence-corrected chi connectivity index (χ3v) is 7.32. The van der Waals surface area contributed by atoms with Crippen molar-refractivity contribution in [3.05, 3.63) is 126 Å². The zero-order chi connectivity index (χ0) is 27.3. The van der Waals surface area contributed by atoms with Crippen molar-refractivity contribution in [3.63, 3.8) is 0 Å². The molecule has 0 spiro atoms. The summed E-state index contributed by atoms with van der Waals surface area (Å²) in [4.78, 5) is 4.71. The largest absolute Gasteiger partial charge is 0.469 e. The molecule has 0 amide bonds. The van der Waals surface area contributed by atoms with Crippen LogP contribution < -0.4 is 15.4 Å². The van der Waals surface area contributed by atoms with Crippen LogP contribution in [0.2, 0.25) is 0 Å². The van der Waals surface area contributed by atoms with Crippen LogP contribution in [0.15, 0.2) is 103 Å². The number of rotatable bonds is 8. The maximum Gasteiger partial charge on any atom is 0.237 e. The Morgan fingerprint density at radius 3 is 2.52 bits per heavy atom. The van der Waals surface area contributed by atoms with Gasteiger partial charge >= 0.3 is 0 Å². The lowest BCUT2D eigenvalue weighted by molar-refractivity contribution is 0.150. The topological polar surface area (TPSA) is 87.8 Å². The van der Waals surface area contributed by atoms with E-state index in [1.807, 2.05) is 77.7 Å². The molecule has 3 aromatic carbocycles. The number of hydrogen-bond acceptors (Lipinski definition) is 6. The molecular formula is C33H30N6O. The van der Waals surface area contributed by atoms with Crippen molar-refractivity contribution < 1.29 is 4.74 Å². The number of aromatic nitrogens is 3. The second-order valence-electron chi connectivity index (χ2n) is 9.91. The van der Waals surface area contributed by atoms with Gasteiger partial charge in [0.25, 0.3) is 0 Å². The number of hydrogen-bond donors (Lipinski definition) is 2. The average molecular weight is 527 g/mol. The summed E-state index contributed by atoms with van der Waals surface area (Å²) < 4.78 is 8.43. The Morgan fingerprint density at radius 2 is 1.77 bits per heavy atom. The van der Waals surface area contributed by atoms with E-state index in [-0.39, 0.29) is 12.1 Å². The number of nitriles is 1. The van der Waals surface area contributed by atoms with Gasteiger partial charge < -0.3 is 15.4 Å². The summed E-state index contributed by atoms with van der Waals surface area (Å²) in [7, 11) is 0. The van der Waals surface area contributed by atoms with Crippen molar-refractivity contribution in [2.45, 2.75) is 25.5 Å². The highest BCUT2D eigenvalue weighted by Gasteiger charge is 2.30. The predicted octanol–water partition coefficient (Wildman–Crippen LogP) is 5.86. The van der Waals surface area contributed by atoms with E-state index >= 15 is 0 Å². The molecule has 3 heterocycles. The van der Waals surface area contributed by atoms with E-state index in [0.717, 1.165) is 46.7 Å². The number of para-hydroxylation sites is 1. The fourth-order valence-corrected chi connectivity index (χ4v) is 5.17. The number of nitrogens with zero attached hydrogens (tertiary/aromatic N) is 4. The van der Waals surface area contributed by atoms with Crippen LogP contribution in [0.4, 0.5) is 5.69 Å². The van der Waals surface area contributed by atoms with Crippen LogP contribution in [-0.2, 0) is 6.42 Å². The van der Waals surface area contributed by atoms with E-state index in [1.165, 1.54) is 5.56 Å². The Hall–Kier alpha value is -4.93. The van der Waals surface area contributed by atoms with E-state index in [9.17, 15) is 0 Å². The highest BCUT2D eigenvalue weighted by atomic mass is 16.5. The Kier molecular flexibility index (Phi) is 7.25. The molecule has 1 aliphatic heterocycles. The number of anilines is 1. The highest BCUT2D eigenvalue weighted by molar-refractivity contribution is 5.71. The monoisotopic (exact) mass is 526 g/mol. The molecule has 40 heavy (non-hydrogen) atoms. The number of ether oxygens (including phenoxy) is 1. The molecule has 0 saturated heterocycles. The lowest BCUT2D eigenvalue weighted by Gasteiger charge is -2.33. The Labute approximate surface area is 234 Å². The van der Waals surface area contributed by atoms with Crippen LogP contribution in [0, 0.1) is 18.3 Å². The summed E-state index contributed by atoms with van der Waals surface area (Å²) in [6.07, 6.45) is 4.46. The summed E-state index contributed by atoms with van der Waals surface area (Å²) in [5.74, 6) is 0.600. The molecule has 198 valence electrons. The van der Waals surface area contributed by atoms with Crippen LogP contribution in [0.1, 0.15) is 28.4 Å². The van der Waals surface area contributed by atoms with Crippen molar-refractivity contribution >= 4 is 5.69 Å². The van der Waals surface area contributed by atoms with Gasteiger partial charge in [-0.1, -0.05) is 60.7 Å². The van der Waals surface area contributed by atoms with Gasteiger partial charge in [0, 0.05) is 23.0 Å². The minimum absolute atomic E-state index is 0.0203. The first kappa shape index (κ1) is 25.4. The standard InChI is InChI=1S/C33H30N6O/c1-23-29(21-38-39(23)28-10-6-3-7-11-28)27-18-30-33(37-20-27)40-31(22-36-30)32(26-8-4-2-5-9-26)35-17-16-24-12-14-25(19-34)15-13-24/h2-15,18,20-21,31-32,35-36H,16-17,22H2,1H3/t31-,32+/m0/s1. The summed E-state index contributed by atoms with van der Waals surface area (Å²) in [6, 6.07) is 32.5. The Bertz CT molecular complexity index is 1620. The number of fused-ring (bicyclic) bond motifs is 1. The van der Waals surface area contributed by atoms with Crippen LogP contribution in [-0.4, -0.2) is 34.0 Å². The summed E-state index contributed by atoms with van der Waals surface area (Å²) in [5, 5.41) is 20.9. The van der Waals surface area contributed by atoms with Crippen molar-refractivity contribution in [1.82, 2.24) is 20.1 Å². The zero-order valence-corrected chi connectivity index (χ0v) is 22.3. The van der Waals surface area contributed by atoms with E-state index in [0.29, 0.717) is 18.0 Å². The molecule has 2 aromatic heterocycles. The van der Waals surface area contributed by atoms with Gasteiger partial charge in [0.05, 0.1) is 41.8 Å². The number of pyridine rings is 1. The number of nitrogens with one attached hydrogen (secondary N) is 2. The highest BCUT2D eigenvalue weighted by Crippen LogP contribution is 2.35. The summed E-state index contributed by atoms with van der Waals surface area (Å²) >= 11 is 0. The van der Waals surface area contributed by atoms with Gasteiger partial charge in [-0.05, 0) is 61.3 Å². The van der Waals surface area contributed by atoms with E-state index < -0.39 is 0 Å². The molecule has 7 nitrogen and oxygen atoms in total. The van der Waals surface area contributed by atoms with E-state index in [4.69, 9.17) is 15.0 Å². The smallest absolute Gasteiger partial charge is 0.237 e. The Balaban J connectivity index is 1.18. The fourth-order valence-electron chi connectivity index (χ4n) is 5.17. The van der Waals surface area contributed by atoms with Crippen molar-refractivity contribution in [2.75, 3.05) is 18.4 Å². The lowest BCUT2D eigenvalue weighted by Crippen LogP contribution is -2.43. The second-order valence-corrected chi connectivity index (χ2v) is 9.91. The van der Waals surface area contributed by atoms with Crippen molar-refractivity contribution in [2.24, 2.45) is 0 Å². The third-order valence-electron chi connectivity index (χ3n) is 7.32. The number of benzene rings is 3. The molecule has 0 bridgehead atoms. The molecular weight excluding hydrogens is 496 g/mol. The fraction of sp³-hybridized carbons (Fsp3) is 0.182. The molecule has 2 atom stereocenters. The molecule has 1 aliphatic rings. The van der Waals surface area contributed by atoms with Crippen LogP contribution in [0.3, 0.4) is 0 Å². The van der Waals surface area contributed by atoms with Gasteiger partial charge in [0.1, 0.15) is 6.10 Å². The molecule has 0 saturated carbocycles. The molecule has 0 fully saturated rings. The molecule has 7 heteroatoms. The van der Waals surface area contributed by atoms with Gasteiger partial charge in [0.15, 0.2) is 0 Å². The van der Waals surface area contributed by atoms with Gasteiger partial charge in [-0.25, -0.2) is 9.67 Å². The van der Waals surface area contributed by atoms with Gasteiger partial charge in [-0.3, -0.25) is 0 Å². The maximum absolute atomic E-state index is 9.06. The van der Waals surface area contributed by atoms with Gasteiger partial charge in [0.2, 0.25) is 5.88 Å². The molecule has 0 unspecified atom stereocenters. The molecule has 0 aliphatic carbocycles. The SMILES string of the molecule is Cc1c(-c2cnc3c(c2)NC[C@@H]([C@H](NCCc2ccc(C#N)cc2)c2ccccc2)O3)cnn1-c1ccccc1. The summed E-state index contributed by atoms with van der Waals surface area (Å²) in [6.45, 7) is 3.49. The van der Waals surface area contributed by atoms with Crippen LogP contribution in [0.5, 0.6) is 5.88 Å². The first-order chi connectivity index (χ1) is 19.7. The Morgan fingerprint density at radius 1 is 1.02 bits per heavy atom. The molecule has 5 aromatic rings. The molecule has 0 radical (unpaired) electrons. The van der Waals surface area contributed by atoms with E-state index in [1.54, 1.807) is 0 Å². The van der Waals surface area contributed by atoms with Gasteiger partial charge in [-0.15, -0.1) is 0 Å². The van der Waals surface area contributed by atoms with Crippen molar-refractivity contribution in [1.29, 1.82) is 5.26 Å². The molecule has 6 rings (SSSR count). The second kappa shape index (κ2) is 11.4. The predicted molar refractivity (Wildman–Crippen MR) is 156 cm³/mol. The minimum atomic E-state index is -0.142. The first-order valence-corrected chi connectivity index (χ1v) is 13.5. The molecule has 2 N–H and O–H groups in total. The first-order valence-electron chi connectivity index (χ1n) is 13.5. The third kappa shape index (κ3) is 5.31. The maximum atomic E-state index is 9.06. The van der Waals surface area contributed by atoms with Gasteiger partial charge in [-0.2, -0.15) is 10.4 Å². The average Bonchev–Trinajstić information content (AvgIpc) is 3.41. The zero-order valence-electron chi connectivity index (χ0n) is 22.3. The van der Waals surface area contributed by atoms with Crippen molar-refractivity contribution in [3.8, 4) is 28.8 Å². The van der Waals surface area contributed by atoms with Crippen LogP contribution in [0.25, 0.3) is 16.8 Å². The lowest BCUT2D eigenvalue weighted by atomic mass is 9.99. The minimum Gasteiger partial charge on any atom is -0.469 e. The normalized spacial score (nSPS) is 14.8. The quantitative estimate of drug-likeness (QED) is 0.263.